The minimum atomic E-state index is -0.415. The Morgan fingerprint density at radius 3 is 2.65 bits per heavy atom. The van der Waals surface area contributed by atoms with Crippen LogP contribution in [0.25, 0.3) is 17.0 Å². The second-order valence-corrected chi connectivity index (χ2v) is 4.27. The first-order valence-corrected chi connectivity index (χ1v) is 5.52. The topological polar surface area (TPSA) is 50.4 Å². The zero-order chi connectivity index (χ0) is 12.4. The molecule has 3 heteroatoms. The molecule has 1 heterocycles. The van der Waals surface area contributed by atoms with Gasteiger partial charge in [0.2, 0.25) is 0 Å². The van der Waals surface area contributed by atoms with E-state index in [-0.39, 0.29) is 5.75 Å². The predicted molar refractivity (Wildman–Crippen MR) is 68.0 cm³/mol. The van der Waals surface area contributed by atoms with Crippen molar-refractivity contribution >= 4 is 17.0 Å². The van der Waals surface area contributed by atoms with Gasteiger partial charge in [-0.15, -0.1) is 0 Å². The summed E-state index contributed by atoms with van der Waals surface area (Å²) < 4.78 is 5.14. The van der Waals surface area contributed by atoms with Crippen molar-refractivity contribution in [3.05, 3.63) is 46.3 Å². The zero-order valence-electron chi connectivity index (χ0n) is 9.81. The Morgan fingerprint density at radius 1 is 1.24 bits per heavy atom. The molecule has 1 aromatic carbocycles. The molecule has 0 amide bonds. The molecule has 0 saturated heterocycles. The molecule has 0 bridgehead atoms. The van der Waals surface area contributed by atoms with Gasteiger partial charge < -0.3 is 9.52 Å². The van der Waals surface area contributed by atoms with Crippen LogP contribution in [-0.4, -0.2) is 5.11 Å². The lowest BCUT2D eigenvalue weighted by Crippen LogP contribution is -1.95. The Bertz CT molecular complexity index is 621. The second-order valence-electron chi connectivity index (χ2n) is 4.27. The molecule has 0 aliphatic rings. The maximum atomic E-state index is 11.2. The average Bonchev–Trinajstić information content (AvgIpc) is 2.27. The van der Waals surface area contributed by atoms with E-state index >= 15 is 0 Å². The number of rotatable bonds is 2. The van der Waals surface area contributed by atoms with Crippen molar-refractivity contribution in [3.8, 4) is 5.75 Å². The monoisotopic (exact) mass is 230 g/mol. The predicted octanol–water partition coefficient (Wildman–Crippen LogP) is 3.17. The van der Waals surface area contributed by atoms with Crippen LogP contribution in [0.5, 0.6) is 5.75 Å². The van der Waals surface area contributed by atoms with E-state index in [2.05, 4.69) is 0 Å². The third-order valence-corrected chi connectivity index (χ3v) is 2.45. The number of benzene rings is 1. The highest BCUT2D eigenvalue weighted by atomic mass is 16.4. The van der Waals surface area contributed by atoms with E-state index in [4.69, 9.17) is 4.42 Å². The molecule has 0 aliphatic carbocycles. The van der Waals surface area contributed by atoms with Gasteiger partial charge in [-0.2, -0.15) is 0 Å². The number of phenolic OH excluding ortho intramolecular Hbond substituents is 1. The Morgan fingerprint density at radius 2 is 1.94 bits per heavy atom. The lowest BCUT2D eigenvalue weighted by atomic mass is 10.1. The lowest BCUT2D eigenvalue weighted by molar-refractivity contribution is 0.471. The van der Waals surface area contributed by atoms with Crippen molar-refractivity contribution in [2.24, 2.45) is 5.92 Å². The van der Waals surface area contributed by atoms with Crippen molar-refractivity contribution in [2.75, 3.05) is 0 Å². The van der Waals surface area contributed by atoms with Crippen LogP contribution < -0.4 is 5.63 Å². The van der Waals surface area contributed by atoms with Crippen LogP contribution in [-0.2, 0) is 0 Å². The number of fused-ring (bicyclic) bond motifs is 1. The van der Waals surface area contributed by atoms with Crippen LogP contribution in [0.4, 0.5) is 0 Å². The quantitative estimate of drug-likeness (QED) is 0.806. The van der Waals surface area contributed by atoms with Crippen LogP contribution in [0.2, 0.25) is 0 Å². The van der Waals surface area contributed by atoms with Gasteiger partial charge in [-0.25, -0.2) is 4.79 Å². The third kappa shape index (κ3) is 2.38. The number of phenols is 1. The molecule has 88 valence electrons. The van der Waals surface area contributed by atoms with Crippen LogP contribution in [0.3, 0.4) is 0 Å². The van der Waals surface area contributed by atoms with Gasteiger partial charge >= 0.3 is 5.63 Å². The van der Waals surface area contributed by atoms with Gasteiger partial charge in [0, 0.05) is 11.5 Å². The molecule has 0 spiro atoms. The first kappa shape index (κ1) is 11.5. The molecule has 0 aliphatic heterocycles. The average molecular weight is 230 g/mol. The molecular weight excluding hydrogens is 216 g/mol. The summed E-state index contributed by atoms with van der Waals surface area (Å²) in [6.07, 6.45) is 3.73. The Hall–Kier alpha value is -2.03. The smallest absolute Gasteiger partial charge is 0.336 e. The number of aromatic hydroxyl groups is 1. The Labute approximate surface area is 99.0 Å². The molecule has 1 aromatic heterocycles. The molecule has 3 nitrogen and oxygen atoms in total. The molecule has 2 rings (SSSR count). The fourth-order valence-corrected chi connectivity index (χ4v) is 1.59. The highest BCUT2D eigenvalue weighted by Crippen LogP contribution is 2.27. The number of allylic oxidation sites excluding steroid dienone is 1. The Balaban J connectivity index is 2.70. The van der Waals surface area contributed by atoms with Crippen molar-refractivity contribution in [1.82, 2.24) is 0 Å². The molecule has 0 radical (unpaired) electrons. The highest BCUT2D eigenvalue weighted by Gasteiger charge is 2.07. The summed E-state index contributed by atoms with van der Waals surface area (Å²) in [6, 6.07) is 6.38. The largest absolute Gasteiger partial charge is 0.507 e. The van der Waals surface area contributed by atoms with E-state index in [0.717, 1.165) is 5.39 Å². The third-order valence-electron chi connectivity index (χ3n) is 2.45. The van der Waals surface area contributed by atoms with E-state index in [1.807, 2.05) is 19.9 Å². The molecule has 0 fully saturated rings. The van der Waals surface area contributed by atoms with Crippen molar-refractivity contribution < 1.29 is 9.52 Å². The summed E-state index contributed by atoms with van der Waals surface area (Å²) in [7, 11) is 0. The molecule has 0 atom stereocenters. The molecular formula is C14H14O3. The number of hydrogen-bond acceptors (Lipinski definition) is 3. The maximum absolute atomic E-state index is 11.2. The van der Waals surface area contributed by atoms with Gasteiger partial charge in [0.1, 0.15) is 11.3 Å². The van der Waals surface area contributed by atoms with Gasteiger partial charge in [0.05, 0.1) is 5.56 Å². The van der Waals surface area contributed by atoms with Gasteiger partial charge in [-0.05, 0) is 24.1 Å². The summed E-state index contributed by atoms with van der Waals surface area (Å²) in [4.78, 5) is 11.2. The molecule has 0 unspecified atom stereocenters. The van der Waals surface area contributed by atoms with Gasteiger partial charge in [-0.1, -0.05) is 26.0 Å². The summed E-state index contributed by atoms with van der Waals surface area (Å²) in [5.41, 5.74) is 0.561. The van der Waals surface area contributed by atoms with E-state index in [1.165, 1.54) is 6.07 Å². The van der Waals surface area contributed by atoms with Crippen LogP contribution in [0, 0.1) is 5.92 Å². The second kappa shape index (κ2) is 4.45. The molecule has 2 aromatic rings. The van der Waals surface area contributed by atoms with E-state index in [1.54, 1.807) is 24.3 Å². The highest BCUT2D eigenvalue weighted by molar-refractivity contribution is 5.88. The van der Waals surface area contributed by atoms with Crippen molar-refractivity contribution in [2.45, 2.75) is 13.8 Å². The van der Waals surface area contributed by atoms with Crippen LogP contribution >= 0.6 is 0 Å². The Kier molecular flexibility index (Phi) is 3.00. The fraction of sp³-hybridized carbons (Fsp3) is 0.214. The first-order valence-electron chi connectivity index (χ1n) is 5.52. The minimum absolute atomic E-state index is 0.115. The molecule has 17 heavy (non-hydrogen) atoms. The van der Waals surface area contributed by atoms with Gasteiger partial charge in [0.25, 0.3) is 0 Å². The molecule has 1 N–H and O–H groups in total. The van der Waals surface area contributed by atoms with E-state index in [0.29, 0.717) is 17.1 Å². The zero-order valence-corrected chi connectivity index (χ0v) is 9.81. The van der Waals surface area contributed by atoms with Crippen molar-refractivity contribution in [1.29, 1.82) is 0 Å². The normalized spacial score (nSPS) is 11.7. The van der Waals surface area contributed by atoms with Crippen LogP contribution in [0.15, 0.2) is 39.6 Å². The fourth-order valence-electron chi connectivity index (χ4n) is 1.59. The summed E-state index contributed by atoms with van der Waals surface area (Å²) >= 11 is 0. The van der Waals surface area contributed by atoms with E-state index in [9.17, 15) is 9.90 Å². The van der Waals surface area contributed by atoms with E-state index < -0.39 is 5.63 Å². The summed E-state index contributed by atoms with van der Waals surface area (Å²) in [6.45, 7) is 4.07. The summed E-state index contributed by atoms with van der Waals surface area (Å²) in [5.74, 6) is 0.476. The maximum Gasteiger partial charge on any atom is 0.336 e. The van der Waals surface area contributed by atoms with Gasteiger partial charge in [-0.3, -0.25) is 0 Å². The minimum Gasteiger partial charge on any atom is -0.507 e. The van der Waals surface area contributed by atoms with Crippen LogP contribution in [0.1, 0.15) is 19.4 Å². The summed E-state index contributed by atoms with van der Waals surface area (Å²) in [5, 5.41) is 10.6. The van der Waals surface area contributed by atoms with Gasteiger partial charge in [0.15, 0.2) is 0 Å². The van der Waals surface area contributed by atoms with Crippen molar-refractivity contribution in [3.63, 3.8) is 0 Å². The molecule has 0 saturated carbocycles. The number of hydrogen-bond donors (Lipinski definition) is 1. The standard InChI is InChI=1S/C14H14O3/c1-9(2)3-6-11-12(15)7-4-10-5-8-13(16)17-14(10)11/h3-9,15H,1-2H3/b6-3+. The first-order chi connectivity index (χ1) is 8.08. The SMILES string of the molecule is CC(C)/C=C/c1c(O)ccc2ccc(=O)oc12. The lowest BCUT2D eigenvalue weighted by Gasteiger charge is -2.03.